The molecular weight excluding hydrogens is 210 g/mol. The molecule has 0 aromatic heterocycles. The molecule has 0 saturated heterocycles. The maximum atomic E-state index is 5.45. The third-order valence-electron chi connectivity index (χ3n) is 2.44. The molecule has 1 aromatic carbocycles. The van der Waals surface area contributed by atoms with Crippen LogP contribution in [-0.2, 0) is 4.74 Å². The van der Waals surface area contributed by atoms with Gasteiger partial charge in [0, 0.05) is 19.7 Å². The van der Waals surface area contributed by atoms with E-state index in [1.807, 2.05) is 6.07 Å². The molecule has 0 aliphatic heterocycles. The average molecular weight is 233 g/mol. The monoisotopic (exact) mass is 233 g/mol. The molecule has 1 N–H and O–H groups in total. The Bertz CT molecular complexity index is 295. The molecule has 0 amide bonds. The minimum atomic E-state index is 0.805. The lowest BCUT2D eigenvalue weighted by molar-refractivity contribution is 0.133. The number of hydrogen-bond donors (Lipinski definition) is 1. The molecule has 0 radical (unpaired) electrons. The van der Waals surface area contributed by atoms with Crippen LogP contribution in [0.1, 0.15) is 25.3 Å². The Morgan fingerprint density at radius 1 is 1.18 bits per heavy atom. The minimum Gasteiger partial charge on any atom is -0.380 e. The number of ether oxygens (including phenoxy) is 1. The summed E-state index contributed by atoms with van der Waals surface area (Å²) < 4.78 is 5.45. The molecular formula is C15H23NO. The molecule has 0 atom stereocenters. The Hall–Kier alpha value is -1.12. The van der Waals surface area contributed by atoms with Crippen LogP contribution < -0.4 is 5.32 Å². The lowest BCUT2D eigenvalue weighted by atomic mass is 10.2. The SMILES string of the molecule is CCCCOCCNCC=Cc1ccccc1. The highest BCUT2D eigenvalue weighted by atomic mass is 16.5. The van der Waals surface area contributed by atoms with Crippen LogP contribution in [-0.4, -0.2) is 26.3 Å². The van der Waals surface area contributed by atoms with Crippen molar-refractivity contribution in [2.24, 2.45) is 0 Å². The number of benzene rings is 1. The lowest BCUT2D eigenvalue weighted by Crippen LogP contribution is -2.19. The molecule has 1 aromatic rings. The molecule has 0 spiro atoms. The molecule has 0 aliphatic carbocycles. The lowest BCUT2D eigenvalue weighted by Gasteiger charge is -2.03. The standard InChI is InChI=1S/C15H23NO/c1-2-3-13-17-14-12-16-11-7-10-15-8-5-4-6-9-15/h4-10,16H,2-3,11-14H2,1H3. The summed E-state index contributed by atoms with van der Waals surface area (Å²) in [5, 5.41) is 3.32. The van der Waals surface area contributed by atoms with Crippen LogP contribution in [0.4, 0.5) is 0 Å². The van der Waals surface area contributed by atoms with Crippen molar-refractivity contribution in [2.75, 3.05) is 26.3 Å². The zero-order valence-electron chi connectivity index (χ0n) is 10.7. The Labute approximate surface area is 105 Å². The normalized spacial score (nSPS) is 11.1. The van der Waals surface area contributed by atoms with E-state index >= 15 is 0 Å². The Balaban J connectivity index is 1.95. The van der Waals surface area contributed by atoms with Crippen LogP contribution in [0.15, 0.2) is 36.4 Å². The van der Waals surface area contributed by atoms with E-state index < -0.39 is 0 Å². The minimum absolute atomic E-state index is 0.805. The molecule has 94 valence electrons. The van der Waals surface area contributed by atoms with E-state index in [-0.39, 0.29) is 0 Å². The zero-order valence-corrected chi connectivity index (χ0v) is 10.7. The van der Waals surface area contributed by atoms with Gasteiger partial charge in [-0.05, 0) is 12.0 Å². The van der Waals surface area contributed by atoms with Gasteiger partial charge in [0.15, 0.2) is 0 Å². The summed E-state index contributed by atoms with van der Waals surface area (Å²) in [6.45, 7) is 5.68. The zero-order chi connectivity index (χ0) is 12.2. The van der Waals surface area contributed by atoms with Gasteiger partial charge in [-0.3, -0.25) is 0 Å². The fourth-order valence-corrected chi connectivity index (χ4v) is 1.44. The second-order valence-corrected chi connectivity index (χ2v) is 3.98. The first-order valence-corrected chi connectivity index (χ1v) is 6.43. The second-order valence-electron chi connectivity index (χ2n) is 3.98. The van der Waals surface area contributed by atoms with Crippen LogP contribution in [0.2, 0.25) is 0 Å². The van der Waals surface area contributed by atoms with Crippen molar-refractivity contribution >= 4 is 6.08 Å². The predicted octanol–water partition coefficient (Wildman–Crippen LogP) is 3.11. The van der Waals surface area contributed by atoms with Crippen molar-refractivity contribution in [3.63, 3.8) is 0 Å². The van der Waals surface area contributed by atoms with E-state index in [0.717, 1.165) is 32.7 Å². The molecule has 0 bridgehead atoms. The smallest absolute Gasteiger partial charge is 0.0591 e. The highest BCUT2D eigenvalue weighted by Gasteiger charge is 1.87. The van der Waals surface area contributed by atoms with E-state index in [1.165, 1.54) is 12.0 Å². The summed E-state index contributed by atoms with van der Waals surface area (Å²) in [6, 6.07) is 10.3. The van der Waals surface area contributed by atoms with Crippen LogP contribution >= 0.6 is 0 Å². The fourth-order valence-electron chi connectivity index (χ4n) is 1.44. The Kier molecular flexibility index (Phi) is 8.25. The van der Waals surface area contributed by atoms with Gasteiger partial charge in [-0.1, -0.05) is 55.8 Å². The number of rotatable bonds is 9. The molecule has 2 nitrogen and oxygen atoms in total. The molecule has 0 unspecified atom stereocenters. The number of nitrogens with one attached hydrogen (secondary N) is 1. The van der Waals surface area contributed by atoms with Crippen molar-refractivity contribution in [1.82, 2.24) is 5.32 Å². The Morgan fingerprint density at radius 2 is 2.00 bits per heavy atom. The summed E-state index contributed by atoms with van der Waals surface area (Å²) in [6.07, 6.45) is 6.63. The molecule has 0 fully saturated rings. The quantitative estimate of drug-likeness (QED) is 0.662. The van der Waals surface area contributed by atoms with E-state index in [2.05, 4.69) is 48.7 Å². The molecule has 17 heavy (non-hydrogen) atoms. The highest BCUT2D eigenvalue weighted by Crippen LogP contribution is 1.99. The molecule has 1 rings (SSSR count). The summed E-state index contributed by atoms with van der Waals surface area (Å²) in [4.78, 5) is 0. The van der Waals surface area contributed by atoms with Gasteiger partial charge < -0.3 is 10.1 Å². The second kappa shape index (κ2) is 10.1. The average Bonchev–Trinajstić information content (AvgIpc) is 2.38. The van der Waals surface area contributed by atoms with Gasteiger partial charge in [0.05, 0.1) is 6.61 Å². The summed E-state index contributed by atoms with van der Waals surface area (Å²) in [7, 11) is 0. The van der Waals surface area contributed by atoms with Crippen molar-refractivity contribution in [3.8, 4) is 0 Å². The van der Waals surface area contributed by atoms with E-state index in [1.54, 1.807) is 0 Å². The number of unbranched alkanes of at least 4 members (excludes halogenated alkanes) is 1. The predicted molar refractivity (Wildman–Crippen MR) is 74.1 cm³/mol. The van der Waals surface area contributed by atoms with Crippen LogP contribution in [0.25, 0.3) is 6.08 Å². The number of hydrogen-bond acceptors (Lipinski definition) is 2. The summed E-state index contributed by atoms with van der Waals surface area (Å²) in [5.41, 5.74) is 1.24. The largest absolute Gasteiger partial charge is 0.380 e. The van der Waals surface area contributed by atoms with Gasteiger partial charge >= 0.3 is 0 Å². The van der Waals surface area contributed by atoms with E-state index in [4.69, 9.17) is 4.74 Å². The van der Waals surface area contributed by atoms with Gasteiger partial charge in [0.1, 0.15) is 0 Å². The first-order chi connectivity index (χ1) is 8.43. The van der Waals surface area contributed by atoms with Crippen LogP contribution in [0.5, 0.6) is 0 Å². The summed E-state index contributed by atoms with van der Waals surface area (Å²) >= 11 is 0. The van der Waals surface area contributed by atoms with Crippen LogP contribution in [0.3, 0.4) is 0 Å². The third kappa shape index (κ3) is 7.72. The fraction of sp³-hybridized carbons (Fsp3) is 0.467. The molecule has 2 heteroatoms. The van der Waals surface area contributed by atoms with Crippen molar-refractivity contribution in [2.45, 2.75) is 19.8 Å². The van der Waals surface area contributed by atoms with Crippen LogP contribution in [0, 0.1) is 0 Å². The summed E-state index contributed by atoms with van der Waals surface area (Å²) in [5.74, 6) is 0. The first-order valence-electron chi connectivity index (χ1n) is 6.43. The van der Waals surface area contributed by atoms with Gasteiger partial charge in [0.25, 0.3) is 0 Å². The van der Waals surface area contributed by atoms with E-state index in [9.17, 15) is 0 Å². The maximum absolute atomic E-state index is 5.45. The maximum Gasteiger partial charge on any atom is 0.0591 e. The van der Waals surface area contributed by atoms with Gasteiger partial charge in [-0.15, -0.1) is 0 Å². The molecule has 0 heterocycles. The Morgan fingerprint density at radius 3 is 2.76 bits per heavy atom. The van der Waals surface area contributed by atoms with E-state index in [0.29, 0.717) is 0 Å². The van der Waals surface area contributed by atoms with Crippen molar-refractivity contribution < 1.29 is 4.74 Å². The van der Waals surface area contributed by atoms with Gasteiger partial charge in [-0.25, -0.2) is 0 Å². The first kappa shape index (κ1) is 13.9. The highest BCUT2D eigenvalue weighted by molar-refractivity contribution is 5.48. The van der Waals surface area contributed by atoms with Crippen molar-refractivity contribution in [1.29, 1.82) is 0 Å². The van der Waals surface area contributed by atoms with Crippen molar-refractivity contribution in [3.05, 3.63) is 42.0 Å². The third-order valence-corrected chi connectivity index (χ3v) is 2.44. The van der Waals surface area contributed by atoms with Gasteiger partial charge in [-0.2, -0.15) is 0 Å². The molecule has 0 saturated carbocycles. The van der Waals surface area contributed by atoms with Gasteiger partial charge in [0.2, 0.25) is 0 Å². The molecule has 0 aliphatic rings. The topological polar surface area (TPSA) is 21.3 Å².